The summed E-state index contributed by atoms with van der Waals surface area (Å²) in [5, 5.41) is 1.66. The topological polar surface area (TPSA) is 49.3 Å². The maximum atomic E-state index is 13.6. The highest BCUT2D eigenvalue weighted by atomic mass is 35.5. The van der Waals surface area contributed by atoms with Gasteiger partial charge in [0.2, 0.25) is 5.91 Å². The Balaban J connectivity index is 1.47. The third-order valence-electron chi connectivity index (χ3n) is 6.04. The average molecular weight is 393 g/mol. The van der Waals surface area contributed by atoms with Gasteiger partial charge in [0.05, 0.1) is 21.6 Å². The van der Waals surface area contributed by atoms with Gasteiger partial charge in [0.15, 0.2) is 0 Å². The number of carbonyl (C=O) groups is 1. The van der Waals surface area contributed by atoms with E-state index in [1.54, 1.807) is 12.4 Å². The van der Waals surface area contributed by atoms with Crippen molar-refractivity contribution in [3.8, 4) is 0 Å². The number of nitrogens with zero attached hydrogens (tertiary/aromatic N) is 4. The molecule has 1 spiro atoms. The van der Waals surface area contributed by atoms with Crippen molar-refractivity contribution in [2.45, 2.75) is 19.3 Å². The van der Waals surface area contributed by atoms with Crippen molar-refractivity contribution in [3.63, 3.8) is 0 Å². The summed E-state index contributed by atoms with van der Waals surface area (Å²) >= 11 is 6.37. The molecule has 0 radical (unpaired) electrons. The number of hydrogen-bond donors (Lipinski definition) is 0. The van der Waals surface area contributed by atoms with Gasteiger partial charge in [0.25, 0.3) is 0 Å². The third kappa shape index (κ3) is 2.73. The second-order valence-corrected chi connectivity index (χ2v) is 8.08. The molecule has 0 saturated carbocycles. The molecule has 2 aromatic heterocycles. The van der Waals surface area contributed by atoms with Crippen molar-refractivity contribution in [3.05, 3.63) is 59.9 Å². The van der Waals surface area contributed by atoms with E-state index in [0.29, 0.717) is 11.6 Å². The lowest BCUT2D eigenvalue weighted by Crippen LogP contribution is -2.48. The normalized spacial score (nSPS) is 22.4. The number of rotatable bonds is 2. The number of pyridine rings is 2. The Hall–Kier alpha value is -2.66. The number of anilines is 2. The molecule has 1 atom stereocenters. The van der Waals surface area contributed by atoms with Gasteiger partial charge in [-0.25, -0.2) is 4.98 Å². The Morgan fingerprint density at radius 2 is 1.82 bits per heavy atom. The van der Waals surface area contributed by atoms with Crippen LogP contribution in [0.3, 0.4) is 0 Å². The smallest absolute Gasteiger partial charge is 0.235 e. The molecule has 0 bridgehead atoms. The van der Waals surface area contributed by atoms with Crippen LogP contribution in [0, 0.1) is 5.41 Å². The Labute approximate surface area is 169 Å². The molecule has 142 valence electrons. The maximum Gasteiger partial charge on any atom is 0.235 e. The number of carbonyl (C=O) groups excluding carboxylic acids is 1. The van der Waals surface area contributed by atoms with Crippen LogP contribution in [-0.4, -0.2) is 35.5 Å². The molecule has 5 nitrogen and oxygen atoms in total. The number of amides is 1. The molecule has 1 aromatic carbocycles. The summed E-state index contributed by atoms with van der Waals surface area (Å²) in [6.07, 6.45) is 6.27. The Bertz CT molecular complexity index is 1050. The number of benzene rings is 1. The van der Waals surface area contributed by atoms with Crippen LogP contribution in [0.4, 0.5) is 11.5 Å². The highest BCUT2D eigenvalue weighted by molar-refractivity contribution is 6.32. The van der Waals surface area contributed by atoms with E-state index in [1.165, 1.54) is 0 Å². The average Bonchev–Trinajstić information content (AvgIpc) is 3.03. The van der Waals surface area contributed by atoms with E-state index < -0.39 is 0 Å². The molecule has 1 amide bonds. The highest BCUT2D eigenvalue weighted by Gasteiger charge is 2.49. The number of fused-ring (bicyclic) bond motifs is 1. The Morgan fingerprint density at radius 1 is 0.964 bits per heavy atom. The van der Waals surface area contributed by atoms with Gasteiger partial charge in [0, 0.05) is 37.4 Å². The van der Waals surface area contributed by atoms with Gasteiger partial charge in [-0.2, -0.15) is 0 Å². The molecule has 2 aliphatic rings. The zero-order valence-electron chi connectivity index (χ0n) is 15.5. The van der Waals surface area contributed by atoms with E-state index in [0.717, 1.165) is 54.8 Å². The summed E-state index contributed by atoms with van der Waals surface area (Å²) in [6, 6.07) is 13.6. The number of hydrogen-bond acceptors (Lipinski definition) is 4. The van der Waals surface area contributed by atoms with Gasteiger partial charge >= 0.3 is 0 Å². The van der Waals surface area contributed by atoms with Crippen molar-refractivity contribution >= 4 is 39.9 Å². The molecule has 2 saturated heterocycles. The quantitative estimate of drug-likeness (QED) is 0.652. The molecule has 4 heterocycles. The van der Waals surface area contributed by atoms with E-state index in [9.17, 15) is 4.79 Å². The van der Waals surface area contributed by atoms with Gasteiger partial charge in [-0.1, -0.05) is 17.7 Å². The first-order chi connectivity index (χ1) is 13.7. The molecule has 3 aromatic rings. The standard InChI is InChI=1S/C22H21ClN4O/c23-17-6-3-12-25-20(17)26-13-4-9-22(15-26)10-14-27(21(22)28)19-8-1-7-18-16(19)5-2-11-24-18/h1-3,5-8,11-12H,4,9-10,13-15H2. The van der Waals surface area contributed by atoms with Crippen LogP contribution in [0.15, 0.2) is 54.9 Å². The first-order valence-electron chi connectivity index (χ1n) is 9.69. The Morgan fingerprint density at radius 3 is 2.71 bits per heavy atom. The van der Waals surface area contributed by atoms with Gasteiger partial charge in [-0.15, -0.1) is 0 Å². The molecular formula is C22H21ClN4O. The van der Waals surface area contributed by atoms with Gasteiger partial charge < -0.3 is 9.80 Å². The van der Waals surface area contributed by atoms with Crippen LogP contribution in [0.25, 0.3) is 10.9 Å². The zero-order chi connectivity index (χ0) is 19.1. The van der Waals surface area contributed by atoms with Crippen molar-refractivity contribution < 1.29 is 4.79 Å². The summed E-state index contributed by atoms with van der Waals surface area (Å²) in [5.74, 6) is 0.990. The highest BCUT2D eigenvalue weighted by Crippen LogP contribution is 2.44. The Kier molecular flexibility index (Phi) is 4.20. The van der Waals surface area contributed by atoms with Crippen LogP contribution in [0.5, 0.6) is 0 Å². The van der Waals surface area contributed by atoms with Crippen molar-refractivity contribution in [2.75, 3.05) is 29.4 Å². The fourth-order valence-electron chi connectivity index (χ4n) is 4.67. The van der Waals surface area contributed by atoms with Crippen LogP contribution in [0.1, 0.15) is 19.3 Å². The lowest BCUT2D eigenvalue weighted by molar-refractivity contribution is -0.126. The molecule has 5 rings (SSSR count). The van der Waals surface area contributed by atoms with Crippen molar-refractivity contribution in [1.82, 2.24) is 9.97 Å². The second-order valence-electron chi connectivity index (χ2n) is 7.67. The lowest BCUT2D eigenvalue weighted by Gasteiger charge is -2.39. The number of piperidine rings is 1. The predicted molar refractivity (Wildman–Crippen MR) is 112 cm³/mol. The minimum atomic E-state index is -0.372. The third-order valence-corrected chi connectivity index (χ3v) is 6.34. The summed E-state index contributed by atoms with van der Waals surface area (Å²) in [5.41, 5.74) is 1.50. The van der Waals surface area contributed by atoms with Gasteiger partial charge in [-0.05, 0) is 55.7 Å². The summed E-state index contributed by atoms with van der Waals surface area (Å²) in [4.78, 5) is 26.6. The van der Waals surface area contributed by atoms with Gasteiger partial charge in [0.1, 0.15) is 5.82 Å². The van der Waals surface area contributed by atoms with E-state index in [1.807, 2.05) is 47.4 Å². The second kappa shape index (κ2) is 6.74. The first-order valence-corrected chi connectivity index (χ1v) is 10.1. The minimum absolute atomic E-state index is 0.209. The van der Waals surface area contributed by atoms with E-state index in [-0.39, 0.29) is 11.3 Å². The van der Waals surface area contributed by atoms with E-state index >= 15 is 0 Å². The molecular weight excluding hydrogens is 372 g/mol. The lowest BCUT2D eigenvalue weighted by atomic mass is 9.78. The van der Waals surface area contributed by atoms with Crippen LogP contribution >= 0.6 is 11.6 Å². The molecule has 2 fully saturated rings. The molecule has 0 aliphatic carbocycles. The molecule has 28 heavy (non-hydrogen) atoms. The molecule has 1 unspecified atom stereocenters. The summed E-state index contributed by atoms with van der Waals surface area (Å²) < 4.78 is 0. The van der Waals surface area contributed by atoms with Crippen molar-refractivity contribution in [2.24, 2.45) is 5.41 Å². The summed E-state index contributed by atoms with van der Waals surface area (Å²) in [7, 11) is 0. The predicted octanol–water partition coefficient (Wildman–Crippen LogP) is 4.31. The molecule has 0 N–H and O–H groups in total. The van der Waals surface area contributed by atoms with Crippen LogP contribution in [-0.2, 0) is 4.79 Å². The van der Waals surface area contributed by atoms with Crippen LogP contribution in [0.2, 0.25) is 5.02 Å². The largest absolute Gasteiger partial charge is 0.354 e. The molecule has 6 heteroatoms. The number of halogens is 1. The SMILES string of the molecule is O=C1N(c2cccc3ncccc23)CCC12CCCN(c1ncccc1Cl)C2. The fourth-order valence-corrected chi connectivity index (χ4v) is 4.92. The van der Waals surface area contributed by atoms with Crippen molar-refractivity contribution in [1.29, 1.82) is 0 Å². The van der Waals surface area contributed by atoms with Crippen LogP contribution < -0.4 is 9.80 Å². The number of aromatic nitrogens is 2. The van der Waals surface area contributed by atoms with Gasteiger partial charge in [-0.3, -0.25) is 9.78 Å². The minimum Gasteiger partial charge on any atom is -0.354 e. The van der Waals surface area contributed by atoms with E-state index in [2.05, 4.69) is 14.9 Å². The maximum absolute atomic E-state index is 13.6. The monoisotopic (exact) mass is 392 g/mol. The van der Waals surface area contributed by atoms with E-state index in [4.69, 9.17) is 11.6 Å². The first kappa shape index (κ1) is 17.4. The summed E-state index contributed by atoms with van der Waals surface area (Å²) in [6.45, 7) is 2.28. The fraction of sp³-hybridized carbons (Fsp3) is 0.318. The molecule has 2 aliphatic heterocycles. The zero-order valence-corrected chi connectivity index (χ0v) is 16.3.